The van der Waals surface area contributed by atoms with Gasteiger partial charge in [0.1, 0.15) is 5.82 Å². The van der Waals surface area contributed by atoms with Crippen LogP contribution < -0.4 is 10.5 Å². The Kier molecular flexibility index (Phi) is 4.80. The average Bonchev–Trinajstić information content (AvgIpc) is 2.80. The number of aromatic nitrogens is 2. The number of nitrogens with zero attached hydrogens (tertiary/aromatic N) is 4. The maximum absolute atomic E-state index is 12.5. The molecule has 0 saturated carbocycles. The van der Waals surface area contributed by atoms with Gasteiger partial charge in [-0.15, -0.1) is 0 Å². The smallest absolute Gasteiger partial charge is 0.376 e. The number of aliphatic hydroxyl groups excluding tert-OH is 1. The van der Waals surface area contributed by atoms with Crippen molar-refractivity contribution >= 4 is 11.5 Å². The molecule has 0 radical (unpaired) electrons. The van der Waals surface area contributed by atoms with Crippen molar-refractivity contribution in [3.63, 3.8) is 0 Å². The monoisotopic (exact) mass is 344 g/mol. The van der Waals surface area contributed by atoms with Crippen LogP contribution in [-0.2, 0) is 19.4 Å². The van der Waals surface area contributed by atoms with E-state index in [9.17, 15) is 14.9 Å². The van der Waals surface area contributed by atoms with Gasteiger partial charge in [0.25, 0.3) is 0 Å². The minimum Gasteiger partial charge on any atom is -0.395 e. The molecule has 2 heterocycles. The van der Waals surface area contributed by atoms with Gasteiger partial charge in [-0.05, 0) is 30.9 Å². The van der Waals surface area contributed by atoms with Gasteiger partial charge in [0.05, 0.1) is 18.1 Å². The van der Waals surface area contributed by atoms with Crippen LogP contribution in [0, 0.1) is 17.0 Å². The standard InChI is InChI=1S/C17H20N4O4/c1-12-18-16(15(21(24)25)17(23)20(12)10-11-22)19-8-6-13-4-2-3-5-14(13)7-9-19/h2-5,22H,6-11H2,1H3. The van der Waals surface area contributed by atoms with Crippen LogP contribution in [0.2, 0.25) is 0 Å². The van der Waals surface area contributed by atoms with Crippen LogP contribution in [0.15, 0.2) is 29.1 Å². The first-order valence-electron chi connectivity index (χ1n) is 8.21. The van der Waals surface area contributed by atoms with Gasteiger partial charge in [-0.1, -0.05) is 24.3 Å². The summed E-state index contributed by atoms with van der Waals surface area (Å²) in [5.41, 5.74) is 1.20. The predicted molar refractivity (Wildman–Crippen MR) is 93.0 cm³/mol. The number of fused-ring (bicyclic) bond motifs is 1. The Morgan fingerprint density at radius 3 is 2.36 bits per heavy atom. The molecule has 3 rings (SSSR count). The summed E-state index contributed by atoms with van der Waals surface area (Å²) >= 11 is 0. The molecule has 8 nitrogen and oxygen atoms in total. The molecule has 1 aliphatic heterocycles. The molecule has 2 aromatic rings. The van der Waals surface area contributed by atoms with Crippen molar-refractivity contribution in [1.82, 2.24) is 9.55 Å². The van der Waals surface area contributed by atoms with E-state index in [1.54, 1.807) is 6.92 Å². The largest absolute Gasteiger partial charge is 0.395 e. The van der Waals surface area contributed by atoms with Crippen molar-refractivity contribution in [2.24, 2.45) is 0 Å². The van der Waals surface area contributed by atoms with Crippen LogP contribution in [0.25, 0.3) is 0 Å². The molecule has 1 aliphatic rings. The molecule has 1 N–H and O–H groups in total. The van der Waals surface area contributed by atoms with Gasteiger partial charge in [-0.3, -0.25) is 19.5 Å². The Morgan fingerprint density at radius 1 is 1.24 bits per heavy atom. The van der Waals surface area contributed by atoms with Crippen LogP contribution in [0.5, 0.6) is 0 Å². The Morgan fingerprint density at radius 2 is 1.84 bits per heavy atom. The summed E-state index contributed by atoms with van der Waals surface area (Å²) in [4.78, 5) is 29.5. The second-order valence-corrected chi connectivity index (χ2v) is 6.02. The summed E-state index contributed by atoms with van der Waals surface area (Å²) in [6.07, 6.45) is 1.49. The van der Waals surface area contributed by atoms with Gasteiger partial charge in [0.15, 0.2) is 0 Å². The number of hydrogen-bond donors (Lipinski definition) is 1. The second-order valence-electron chi connectivity index (χ2n) is 6.02. The SMILES string of the molecule is Cc1nc(N2CCc3ccccc3CC2)c([N+](=O)[O-])c(=O)n1CCO. The van der Waals surface area contributed by atoms with E-state index in [2.05, 4.69) is 17.1 Å². The lowest BCUT2D eigenvalue weighted by Crippen LogP contribution is -2.34. The predicted octanol–water partition coefficient (Wildman–Crippen LogP) is 1.06. The molecule has 0 aliphatic carbocycles. The second kappa shape index (κ2) is 7.02. The minimum atomic E-state index is -0.719. The first kappa shape index (κ1) is 17.1. The van der Waals surface area contributed by atoms with Gasteiger partial charge in [-0.2, -0.15) is 0 Å². The van der Waals surface area contributed by atoms with E-state index in [-0.39, 0.29) is 19.0 Å². The number of hydrogen-bond acceptors (Lipinski definition) is 6. The Bertz CT molecular complexity index is 835. The molecule has 0 bridgehead atoms. The average molecular weight is 344 g/mol. The lowest BCUT2D eigenvalue weighted by molar-refractivity contribution is -0.386. The quantitative estimate of drug-likeness (QED) is 0.657. The molecule has 0 amide bonds. The fraction of sp³-hybridized carbons (Fsp3) is 0.412. The molecule has 1 aromatic heterocycles. The van der Waals surface area contributed by atoms with Crippen LogP contribution in [0.1, 0.15) is 17.0 Å². The summed E-state index contributed by atoms with van der Waals surface area (Å²) in [7, 11) is 0. The molecule has 25 heavy (non-hydrogen) atoms. The molecule has 0 unspecified atom stereocenters. The molecule has 0 fully saturated rings. The molecule has 132 valence electrons. The number of nitro groups is 1. The zero-order valence-corrected chi connectivity index (χ0v) is 14.0. The minimum absolute atomic E-state index is 0.00969. The molecule has 0 saturated heterocycles. The van der Waals surface area contributed by atoms with Crippen molar-refractivity contribution < 1.29 is 10.0 Å². The highest BCUT2D eigenvalue weighted by molar-refractivity contribution is 5.57. The van der Waals surface area contributed by atoms with Crippen molar-refractivity contribution in [3.05, 3.63) is 61.7 Å². The van der Waals surface area contributed by atoms with Crippen molar-refractivity contribution in [3.8, 4) is 0 Å². The van der Waals surface area contributed by atoms with E-state index in [0.717, 1.165) is 17.4 Å². The highest BCUT2D eigenvalue weighted by atomic mass is 16.6. The highest BCUT2D eigenvalue weighted by Crippen LogP contribution is 2.25. The summed E-state index contributed by atoms with van der Waals surface area (Å²) in [6, 6.07) is 8.08. The number of aryl methyl sites for hydroxylation is 1. The van der Waals surface area contributed by atoms with E-state index in [1.807, 2.05) is 17.0 Å². The third-order valence-electron chi connectivity index (χ3n) is 4.54. The molecule has 8 heteroatoms. The normalized spacial score (nSPS) is 14.1. The molecular formula is C17H20N4O4. The maximum Gasteiger partial charge on any atom is 0.376 e. The number of benzene rings is 1. The van der Waals surface area contributed by atoms with Crippen LogP contribution in [-0.4, -0.2) is 39.3 Å². The highest BCUT2D eigenvalue weighted by Gasteiger charge is 2.29. The fourth-order valence-corrected chi connectivity index (χ4v) is 3.26. The van der Waals surface area contributed by atoms with Crippen LogP contribution in [0.4, 0.5) is 11.5 Å². The third kappa shape index (κ3) is 3.25. The zero-order chi connectivity index (χ0) is 18.0. The van der Waals surface area contributed by atoms with E-state index >= 15 is 0 Å². The molecular weight excluding hydrogens is 324 g/mol. The molecule has 0 atom stereocenters. The van der Waals surface area contributed by atoms with E-state index < -0.39 is 16.2 Å². The number of aliphatic hydroxyl groups is 1. The number of rotatable bonds is 4. The topological polar surface area (TPSA) is 102 Å². The van der Waals surface area contributed by atoms with Gasteiger partial charge in [0.2, 0.25) is 5.82 Å². The fourth-order valence-electron chi connectivity index (χ4n) is 3.26. The first-order chi connectivity index (χ1) is 12.0. The molecule has 0 spiro atoms. The summed E-state index contributed by atoms with van der Waals surface area (Å²) in [6.45, 7) is 2.46. The van der Waals surface area contributed by atoms with Gasteiger partial charge in [-0.25, -0.2) is 4.98 Å². The van der Waals surface area contributed by atoms with Crippen LogP contribution >= 0.6 is 0 Å². The van der Waals surface area contributed by atoms with Crippen LogP contribution in [0.3, 0.4) is 0 Å². The summed E-state index contributed by atoms with van der Waals surface area (Å²) < 4.78 is 1.15. The van der Waals surface area contributed by atoms with Gasteiger partial charge in [0, 0.05) is 13.1 Å². The van der Waals surface area contributed by atoms with Gasteiger partial charge < -0.3 is 10.0 Å². The number of anilines is 1. The zero-order valence-electron chi connectivity index (χ0n) is 14.0. The Hall–Kier alpha value is -2.74. The van der Waals surface area contributed by atoms with E-state index in [0.29, 0.717) is 18.9 Å². The Balaban J connectivity index is 2.03. The third-order valence-corrected chi connectivity index (χ3v) is 4.54. The van der Waals surface area contributed by atoms with Gasteiger partial charge >= 0.3 is 11.2 Å². The summed E-state index contributed by atoms with van der Waals surface area (Å²) in [5, 5.41) is 20.6. The van der Waals surface area contributed by atoms with Crippen molar-refractivity contribution in [2.45, 2.75) is 26.3 Å². The first-order valence-corrected chi connectivity index (χ1v) is 8.21. The Labute approximate surface area is 144 Å². The summed E-state index contributed by atoms with van der Waals surface area (Å²) in [5.74, 6) is 0.482. The van der Waals surface area contributed by atoms with E-state index in [1.165, 1.54) is 11.1 Å². The lowest BCUT2D eigenvalue weighted by atomic mass is 10.0. The maximum atomic E-state index is 12.5. The van der Waals surface area contributed by atoms with Crippen molar-refractivity contribution in [2.75, 3.05) is 24.6 Å². The van der Waals surface area contributed by atoms with E-state index in [4.69, 9.17) is 5.11 Å². The lowest BCUT2D eigenvalue weighted by Gasteiger charge is -2.22. The molecule has 1 aromatic carbocycles. The van der Waals surface area contributed by atoms with Crippen molar-refractivity contribution in [1.29, 1.82) is 0 Å².